The van der Waals surface area contributed by atoms with Crippen molar-refractivity contribution in [1.82, 2.24) is 4.98 Å². The first-order valence-electron chi connectivity index (χ1n) is 6.37. The molecule has 2 N–H and O–H groups in total. The summed E-state index contributed by atoms with van der Waals surface area (Å²) in [5.74, 6) is -1.67. The van der Waals surface area contributed by atoms with E-state index in [2.05, 4.69) is 4.98 Å². The van der Waals surface area contributed by atoms with Gasteiger partial charge in [-0.25, -0.2) is 13.4 Å². The molecule has 2 rings (SSSR count). The number of pyridine rings is 1. The van der Waals surface area contributed by atoms with Crippen LogP contribution >= 0.6 is 11.6 Å². The van der Waals surface area contributed by atoms with Crippen LogP contribution in [0.1, 0.15) is 6.92 Å². The van der Waals surface area contributed by atoms with Crippen molar-refractivity contribution in [3.8, 4) is 0 Å². The van der Waals surface area contributed by atoms with E-state index in [1.54, 1.807) is 0 Å². The molecule has 0 atom stereocenters. The van der Waals surface area contributed by atoms with Gasteiger partial charge in [-0.05, 0) is 30.3 Å². The van der Waals surface area contributed by atoms with Gasteiger partial charge in [-0.2, -0.15) is 4.31 Å². The van der Waals surface area contributed by atoms with Crippen LogP contribution < -0.4 is 10.0 Å². The molecule has 1 amide bonds. The molecule has 126 valence electrons. The Bertz CT molecular complexity index is 914. The lowest BCUT2D eigenvalue weighted by molar-refractivity contribution is -0.384. The summed E-state index contributed by atoms with van der Waals surface area (Å²) in [6.45, 7) is 0.946. The third-order valence-electron chi connectivity index (χ3n) is 2.91. The van der Waals surface area contributed by atoms with E-state index < -0.39 is 32.4 Å². The summed E-state index contributed by atoms with van der Waals surface area (Å²) < 4.78 is 25.7. The minimum absolute atomic E-state index is 0.200. The zero-order chi connectivity index (χ0) is 18.1. The number of carbonyl (C=O) groups excluding carboxylic acids is 1. The largest absolute Gasteiger partial charge is 0.399 e. The molecule has 1 aromatic carbocycles. The average molecular weight is 371 g/mol. The minimum Gasteiger partial charge on any atom is -0.399 e. The minimum atomic E-state index is -4.44. The van der Waals surface area contributed by atoms with Crippen LogP contribution in [-0.4, -0.2) is 24.2 Å². The molecular formula is C13H11ClN4O5S. The van der Waals surface area contributed by atoms with E-state index in [0.29, 0.717) is 5.69 Å². The second-order valence-electron chi connectivity index (χ2n) is 4.59. The Morgan fingerprint density at radius 3 is 2.33 bits per heavy atom. The van der Waals surface area contributed by atoms with Gasteiger partial charge in [-0.15, -0.1) is 0 Å². The molecule has 0 saturated carbocycles. The second kappa shape index (κ2) is 6.42. The van der Waals surface area contributed by atoms with Crippen molar-refractivity contribution < 1.29 is 18.1 Å². The quantitative estimate of drug-likeness (QED) is 0.376. The van der Waals surface area contributed by atoms with E-state index in [4.69, 9.17) is 17.3 Å². The van der Waals surface area contributed by atoms with E-state index in [0.717, 1.165) is 19.1 Å². The fourth-order valence-corrected chi connectivity index (χ4v) is 3.42. The molecule has 0 bridgehead atoms. The highest BCUT2D eigenvalue weighted by Crippen LogP contribution is 2.32. The van der Waals surface area contributed by atoms with Gasteiger partial charge in [-0.3, -0.25) is 14.9 Å². The van der Waals surface area contributed by atoms with Crippen LogP contribution in [0.3, 0.4) is 0 Å². The molecule has 0 aliphatic rings. The van der Waals surface area contributed by atoms with E-state index >= 15 is 0 Å². The van der Waals surface area contributed by atoms with Crippen LogP contribution in [0.25, 0.3) is 0 Å². The Labute approximate surface area is 141 Å². The van der Waals surface area contributed by atoms with Crippen LogP contribution in [0.4, 0.5) is 17.2 Å². The van der Waals surface area contributed by atoms with Gasteiger partial charge in [0.2, 0.25) is 11.7 Å². The highest BCUT2D eigenvalue weighted by molar-refractivity contribution is 7.93. The highest BCUT2D eigenvalue weighted by atomic mass is 35.5. The van der Waals surface area contributed by atoms with Gasteiger partial charge < -0.3 is 5.73 Å². The number of nitrogens with two attached hydrogens (primary N) is 1. The van der Waals surface area contributed by atoms with E-state index in [1.165, 1.54) is 24.3 Å². The first-order valence-corrected chi connectivity index (χ1v) is 8.19. The number of halogens is 1. The number of hydrogen-bond acceptors (Lipinski definition) is 7. The summed E-state index contributed by atoms with van der Waals surface area (Å²) in [6.07, 6.45) is 0. The van der Waals surface area contributed by atoms with Crippen LogP contribution in [0, 0.1) is 10.1 Å². The Kier molecular flexibility index (Phi) is 4.71. The summed E-state index contributed by atoms with van der Waals surface area (Å²) in [5, 5.41) is 10.9. The van der Waals surface area contributed by atoms with Crippen molar-refractivity contribution in [2.24, 2.45) is 0 Å². The zero-order valence-corrected chi connectivity index (χ0v) is 13.8. The van der Waals surface area contributed by atoms with E-state index in [1.807, 2.05) is 0 Å². The van der Waals surface area contributed by atoms with Crippen LogP contribution in [-0.2, 0) is 14.8 Å². The topological polar surface area (TPSA) is 136 Å². The van der Waals surface area contributed by atoms with E-state index in [-0.39, 0.29) is 14.4 Å². The molecule has 11 heteroatoms. The van der Waals surface area contributed by atoms with Gasteiger partial charge in [0, 0.05) is 18.7 Å². The number of hydrogen-bond donors (Lipinski definition) is 1. The number of nitrogens with zero attached hydrogens (tertiary/aromatic N) is 3. The molecule has 2 aromatic rings. The summed E-state index contributed by atoms with van der Waals surface area (Å²) in [6, 6.07) is 7.10. The number of rotatable bonds is 4. The molecule has 24 heavy (non-hydrogen) atoms. The number of aromatic nitrogens is 1. The summed E-state index contributed by atoms with van der Waals surface area (Å²) in [5.41, 5.74) is 5.15. The standard InChI is InChI=1S/C13H11ClN4O5S/c1-8(19)17(13-11(18(20)21)6-7-12(14)16-13)24(22,23)10-4-2-9(15)3-5-10/h2-7H,15H2,1H3. The molecule has 1 heterocycles. The predicted molar refractivity (Wildman–Crippen MR) is 87.1 cm³/mol. The third-order valence-corrected chi connectivity index (χ3v) is 4.90. The fourth-order valence-electron chi connectivity index (χ4n) is 1.89. The van der Waals surface area contributed by atoms with Crippen LogP contribution in [0.15, 0.2) is 41.3 Å². The van der Waals surface area contributed by atoms with Crippen molar-refractivity contribution in [1.29, 1.82) is 0 Å². The summed E-state index contributed by atoms with van der Waals surface area (Å²) >= 11 is 5.70. The van der Waals surface area contributed by atoms with Crippen LogP contribution in [0.5, 0.6) is 0 Å². The maximum Gasteiger partial charge on any atom is 0.313 e. The highest BCUT2D eigenvalue weighted by Gasteiger charge is 2.35. The zero-order valence-electron chi connectivity index (χ0n) is 12.2. The van der Waals surface area contributed by atoms with Crippen LogP contribution in [0.2, 0.25) is 5.15 Å². The lowest BCUT2D eigenvalue weighted by Crippen LogP contribution is -2.36. The van der Waals surface area contributed by atoms with Crippen molar-refractivity contribution >= 4 is 44.7 Å². The molecular weight excluding hydrogens is 360 g/mol. The average Bonchev–Trinajstić information content (AvgIpc) is 2.46. The normalized spacial score (nSPS) is 11.1. The molecule has 0 aliphatic heterocycles. The van der Waals surface area contributed by atoms with Crippen molar-refractivity contribution in [3.05, 3.63) is 51.7 Å². The number of nitrogen functional groups attached to an aromatic ring is 1. The maximum atomic E-state index is 12.7. The smallest absolute Gasteiger partial charge is 0.313 e. The number of nitro groups is 1. The van der Waals surface area contributed by atoms with Gasteiger partial charge in [0.25, 0.3) is 10.0 Å². The van der Waals surface area contributed by atoms with Crippen molar-refractivity contribution in [3.63, 3.8) is 0 Å². The molecule has 0 unspecified atom stereocenters. The molecule has 0 spiro atoms. The molecule has 0 aliphatic carbocycles. The SMILES string of the molecule is CC(=O)N(c1nc(Cl)ccc1[N+](=O)[O-])S(=O)(=O)c1ccc(N)cc1. The second-order valence-corrected chi connectivity index (χ2v) is 6.77. The molecule has 0 saturated heterocycles. The first kappa shape index (κ1) is 17.6. The van der Waals surface area contributed by atoms with Crippen molar-refractivity contribution in [2.45, 2.75) is 11.8 Å². The maximum absolute atomic E-state index is 12.7. The Hall–Kier alpha value is -2.72. The first-order chi connectivity index (χ1) is 11.1. The van der Waals surface area contributed by atoms with Gasteiger partial charge in [-0.1, -0.05) is 11.6 Å². The Morgan fingerprint density at radius 1 is 1.25 bits per heavy atom. The number of anilines is 2. The predicted octanol–water partition coefficient (Wildman–Crippen LogP) is 1.97. The molecule has 9 nitrogen and oxygen atoms in total. The Balaban J connectivity index is 2.71. The van der Waals surface area contributed by atoms with E-state index in [9.17, 15) is 23.3 Å². The number of amides is 1. The third kappa shape index (κ3) is 3.29. The van der Waals surface area contributed by atoms with Gasteiger partial charge in [0.05, 0.1) is 9.82 Å². The summed E-state index contributed by atoms with van der Waals surface area (Å²) in [4.78, 5) is 25.6. The van der Waals surface area contributed by atoms with Gasteiger partial charge in [0.1, 0.15) is 5.15 Å². The Morgan fingerprint density at radius 2 is 1.83 bits per heavy atom. The summed E-state index contributed by atoms with van der Waals surface area (Å²) in [7, 11) is -4.44. The molecule has 0 radical (unpaired) electrons. The number of benzene rings is 1. The monoisotopic (exact) mass is 370 g/mol. The lowest BCUT2D eigenvalue weighted by atomic mass is 10.3. The number of carbonyl (C=O) groups is 1. The van der Waals surface area contributed by atoms with Crippen molar-refractivity contribution in [2.75, 3.05) is 10.0 Å². The molecule has 0 fully saturated rings. The van der Waals surface area contributed by atoms with Gasteiger partial charge in [0.15, 0.2) is 0 Å². The number of sulfonamides is 1. The molecule has 1 aromatic heterocycles. The fraction of sp³-hybridized carbons (Fsp3) is 0.0769. The lowest BCUT2D eigenvalue weighted by Gasteiger charge is -2.20. The van der Waals surface area contributed by atoms with Gasteiger partial charge >= 0.3 is 5.69 Å².